The predicted octanol–water partition coefficient (Wildman–Crippen LogP) is 5.87. The van der Waals surface area contributed by atoms with Gasteiger partial charge in [0.05, 0.1) is 33.0 Å². The number of fused-ring (bicyclic) bond motifs is 1. The second kappa shape index (κ2) is 10.1. The SMILES string of the molecule is N#CCOc1c(Cl)cc(/C=N/NC(=O)c2cc(-c3ccccc3)nc3ccccc23)cc1Cl. The molecule has 8 heteroatoms. The molecule has 0 atom stereocenters. The molecule has 0 radical (unpaired) electrons. The Morgan fingerprint density at radius 2 is 1.76 bits per heavy atom. The van der Waals surface area contributed by atoms with E-state index < -0.39 is 0 Å². The fourth-order valence-electron chi connectivity index (χ4n) is 3.24. The number of pyridine rings is 1. The van der Waals surface area contributed by atoms with Gasteiger partial charge in [-0.15, -0.1) is 0 Å². The Balaban J connectivity index is 1.60. The van der Waals surface area contributed by atoms with E-state index >= 15 is 0 Å². The molecule has 1 N–H and O–H groups in total. The third-order valence-corrected chi connectivity index (χ3v) is 5.27. The van der Waals surface area contributed by atoms with Crippen molar-refractivity contribution in [2.24, 2.45) is 5.10 Å². The monoisotopic (exact) mass is 474 g/mol. The summed E-state index contributed by atoms with van der Waals surface area (Å²) in [5.41, 5.74) is 5.86. The first-order chi connectivity index (χ1) is 16.1. The Morgan fingerprint density at radius 3 is 2.48 bits per heavy atom. The van der Waals surface area contributed by atoms with Crippen LogP contribution in [-0.4, -0.2) is 23.7 Å². The number of carbonyl (C=O) groups excluding carboxylic acids is 1. The van der Waals surface area contributed by atoms with Crippen molar-refractivity contribution in [2.45, 2.75) is 0 Å². The lowest BCUT2D eigenvalue weighted by Crippen LogP contribution is -2.18. The summed E-state index contributed by atoms with van der Waals surface area (Å²) in [6.07, 6.45) is 1.42. The summed E-state index contributed by atoms with van der Waals surface area (Å²) in [4.78, 5) is 17.7. The molecule has 6 nitrogen and oxygen atoms in total. The van der Waals surface area contributed by atoms with Crippen LogP contribution >= 0.6 is 23.2 Å². The molecule has 4 rings (SSSR count). The number of carbonyl (C=O) groups is 1. The van der Waals surface area contributed by atoms with E-state index in [-0.39, 0.29) is 28.3 Å². The molecule has 162 valence electrons. The molecule has 0 unspecified atom stereocenters. The summed E-state index contributed by atoms with van der Waals surface area (Å²) in [7, 11) is 0. The number of nitrogens with one attached hydrogen (secondary N) is 1. The summed E-state index contributed by atoms with van der Waals surface area (Å²) in [6, 6.07) is 23.8. The number of halogens is 2. The Morgan fingerprint density at radius 1 is 1.06 bits per heavy atom. The van der Waals surface area contributed by atoms with E-state index in [0.29, 0.717) is 22.3 Å². The summed E-state index contributed by atoms with van der Waals surface area (Å²) in [5, 5.41) is 13.9. The minimum absolute atomic E-state index is 0.173. The lowest BCUT2D eigenvalue weighted by Gasteiger charge is -2.09. The number of benzene rings is 3. The zero-order chi connectivity index (χ0) is 23.2. The van der Waals surface area contributed by atoms with E-state index in [2.05, 4.69) is 15.5 Å². The summed E-state index contributed by atoms with van der Waals surface area (Å²) >= 11 is 12.3. The second-order valence-corrected chi connectivity index (χ2v) is 7.71. The van der Waals surface area contributed by atoms with Gasteiger partial charge in [-0.3, -0.25) is 4.79 Å². The van der Waals surface area contributed by atoms with Crippen LogP contribution in [0.1, 0.15) is 15.9 Å². The molecule has 0 fully saturated rings. The topological polar surface area (TPSA) is 87.4 Å². The maximum Gasteiger partial charge on any atom is 0.272 e. The second-order valence-electron chi connectivity index (χ2n) is 6.90. The summed E-state index contributed by atoms with van der Waals surface area (Å²) in [6.45, 7) is -0.173. The van der Waals surface area contributed by atoms with Gasteiger partial charge >= 0.3 is 0 Å². The van der Waals surface area contributed by atoms with Crippen LogP contribution in [0.25, 0.3) is 22.2 Å². The highest BCUT2D eigenvalue weighted by atomic mass is 35.5. The first kappa shape index (κ1) is 22.3. The molecule has 0 spiro atoms. The van der Waals surface area contributed by atoms with Gasteiger partial charge in [0.25, 0.3) is 5.91 Å². The van der Waals surface area contributed by atoms with Crippen molar-refractivity contribution in [3.05, 3.63) is 94.0 Å². The number of aromatic nitrogens is 1. The van der Waals surface area contributed by atoms with Crippen molar-refractivity contribution in [1.29, 1.82) is 5.26 Å². The molecule has 0 saturated heterocycles. The van der Waals surface area contributed by atoms with E-state index in [1.807, 2.05) is 60.7 Å². The number of para-hydroxylation sites is 1. The number of rotatable bonds is 6. The van der Waals surface area contributed by atoms with E-state index in [4.69, 9.17) is 33.2 Å². The minimum Gasteiger partial charge on any atom is -0.476 e. The normalized spacial score (nSPS) is 10.8. The van der Waals surface area contributed by atoms with E-state index in [0.717, 1.165) is 10.9 Å². The lowest BCUT2D eigenvalue weighted by atomic mass is 10.0. The molecule has 0 aliphatic heterocycles. The first-order valence-electron chi connectivity index (χ1n) is 9.84. The third kappa shape index (κ3) is 5.12. The van der Waals surface area contributed by atoms with Gasteiger partial charge in [0.15, 0.2) is 12.4 Å². The molecule has 33 heavy (non-hydrogen) atoms. The van der Waals surface area contributed by atoms with Crippen LogP contribution in [-0.2, 0) is 0 Å². The fraction of sp³-hybridized carbons (Fsp3) is 0.0400. The predicted molar refractivity (Wildman–Crippen MR) is 130 cm³/mol. The van der Waals surface area contributed by atoms with Gasteiger partial charge in [0, 0.05) is 10.9 Å². The Labute approximate surface area is 200 Å². The Kier molecular flexibility index (Phi) is 6.84. The zero-order valence-corrected chi connectivity index (χ0v) is 18.6. The molecule has 1 aromatic heterocycles. The Bertz CT molecular complexity index is 1380. The van der Waals surface area contributed by atoms with Gasteiger partial charge in [0.1, 0.15) is 6.07 Å². The number of hydrazone groups is 1. The summed E-state index contributed by atoms with van der Waals surface area (Å²) in [5.74, 6) is -0.161. The first-order valence-corrected chi connectivity index (χ1v) is 10.6. The highest BCUT2D eigenvalue weighted by Crippen LogP contribution is 2.33. The van der Waals surface area contributed by atoms with Crippen LogP contribution in [0.5, 0.6) is 5.75 Å². The number of nitriles is 1. The standard InChI is InChI=1S/C25H16Cl2N4O2/c26-20-12-16(13-21(27)24(20)33-11-10-28)15-29-31-25(32)19-14-23(17-6-2-1-3-7-17)30-22-9-5-4-8-18(19)22/h1-9,12-15H,11H2,(H,31,32)/b29-15+. The van der Waals surface area contributed by atoms with Gasteiger partial charge < -0.3 is 4.74 Å². The van der Waals surface area contributed by atoms with Crippen LogP contribution < -0.4 is 10.2 Å². The van der Waals surface area contributed by atoms with Crippen LogP contribution in [0.4, 0.5) is 0 Å². The van der Waals surface area contributed by atoms with E-state index in [9.17, 15) is 4.79 Å². The maximum atomic E-state index is 13.0. The number of ether oxygens (including phenoxy) is 1. The average molecular weight is 475 g/mol. The van der Waals surface area contributed by atoms with E-state index in [1.165, 1.54) is 6.21 Å². The minimum atomic E-state index is -0.381. The number of nitrogens with zero attached hydrogens (tertiary/aromatic N) is 3. The molecule has 4 aromatic rings. The molecule has 0 saturated carbocycles. The van der Waals surface area contributed by atoms with Crippen LogP contribution in [0.3, 0.4) is 0 Å². The van der Waals surface area contributed by atoms with Gasteiger partial charge in [-0.05, 0) is 29.8 Å². The van der Waals surface area contributed by atoms with Gasteiger partial charge in [-0.2, -0.15) is 10.4 Å². The smallest absolute Gasteiger partial charge is 0.272 e. The quantitative estimate of drug-likeness (QED) is 0.279. The highest BCUT2D eigenvalue weighted by Gasteiger charge is 2.14. The third-order valence-electron chi connectivity index (χ3n) is 4.71. The van der Waals surface area contributed by atoms with Crippen LogP contribution in [0.2, 0.25) is 10.0 Å². The van der Waals surface area contributed by atoms with Crippen LogP contribution in [0.15, 0.2) is 77.9 Å². The van der Waals surface area contributed by atoms with Gasteiger partial charge in [0.2, 0.25) is 0 Å². The fourth-order valence-corrected chi connectivity index (χ4v) is 3.86. The summed E-state index contributed by atoms with van der Waals surface area (Å²) < 4.78 is 5.22. The van der Waals surface area contributed by atoms with Gasteiger partial charge in [-0.1, -0.05) is 71.7 Å². The van der Waals surface area contributed by atoms with Crippen molar-refractivity contribution >= 4 is 46.2 Å². The maximum absolute atomic E-state index is 13.0. The number of amides is 1. The highest BCUT2D eigenvalue weighted by molar-refractivity contribution is 6.37. The molecule has 0 aliphatic rings. The number of hydrogen-bond donors (Lipinski definition) is 1. The molecule has 1 heterocycles. The molecular weight excluding hydrogens is 459 g/mol. The Hall–Kier alpha value is -3.92. The average Bonchev–Trinajstić information content (AvgIpc) is 2.83. The molecule has 0 bridgehead atoms. The van der Waals surface area contributed by atoms with Crippen LogP contribution in [0, 0.1) is 11.3 Å². The van der Waals surface area contributed by atoms with Crippen molar-refractivity contribution in [1.82, 2.24) is 10.4 Å². The van der Waals surface area contributed by atoms with Crippen molar-refractivity contribution in [3.8, 4) is 23.1 Å². The molecule has 0 aliphatic carbocycles. The number of hydrogen-bond acceptors (Lipinski definition) is 5. The molecule has 1 amide bonds. The van der Waals surface area contributed by atoms with Gasteiger partial charge in [-0.25, -0.2) is 10.4 Å². The largest absolute Gasteiger partial charge is 0.476 e. The van der Waals surface area contributed by atoms with Crippen molar-refractivity contribution < 1.29 is 9.53 Å². The lowest BCUT2D eigenvalue weighted by molar-refractivity contribution is 0.0956. The van der Waals surface area contributed by atoms with Crippen molar-refractivity contribution in [2.75, 3.05) is 6.61 Å². The zero-order valence-electron chi connectivity index (χ0n) is 17.1. The molecule has 3 aromatic carbocycles. The van der Waals surface area contributed by atoms with E-state index in [1.54, 1.807) is 18.2 Å². The molecular formula is C25H16Cl2N4O2. The van der Waals surface area contributed by atoms with Crippen molar-refractivity contribution in [3.63, 3.8) is 0 Å².